The first-order chi connectivity index (χ1) is 7.16. The number of nitrogens with two attached hydrogens (primary N) is 1. The summed E-state index contributed by atoms with van der Waals surface area (Å²) >= 11 is 0. The van der Waals surface area contributed by atoms with Gasteiger partial charge in [-0.15, -0.1) is 5.11 Å². The predicted molar refractivity (Wildman–Crippen MR) is 57.2 cm³/mol. The molecule has 4 nitrogen and oxygen atoms in total. The van der Waals surface area contributed by atoms with E-state index >= 15 is 0 Å². The molecule has 0 radical (unpaired) electrons. The number of nitrogen functional groups attached to an aromatic ring is 1. The van der Waals surface area contributed by atoms with Crippen molar-refractivity contribution in [2.75, 3.05) is 5.73 Å². The zero-order valence-electron chi connectivity index (χ0n) is 8.34. The minimum atomic E-state index is -0.292. The maximum atomic E-state index is 10.9. The third kappa shape index (κ3) is 1.93. The van der Waals surface area contributed by atoms with Crippen LogP contribution in [0.2, 0.25) is 0 Å². The summed E-state index contributed by atoms with van der Waals surface area (Å²) in [6.45, 7) is 1.87. The number of amides is 1. The third-order valence-electron chi connectivity index (χ3n) is 2.31. The average Bonchev–Trinajstić information content (AvgIpc) is 2.20. The van der Waals surface area contributed by atoms with Crippen LogP contribution in [0, 0.1) is 0 Å². The molecule has 0 bridgehead atoms. The van der Waals surface area contributed by atoms with E-state index in [1.54, 1.807) is 0 Å². The van der Waals surface area contributed by atoms with E-state index < -0.39 is 0 Å². The summed E-state index contributed by atoms with van der Waals surface area (Å²) in [5.41, 5.74) is 8.20. The van der Waals surface area contributed by atoms with E-state index in [1.165, 1.54) is 6.08 Å². The largest absolute Gasteiger partial charge is 0.399 e. The Balaban J connectivity index is 2.32. The first kappa shape index (κ1) is 9.58. The van der Waals surface area contributed by atoms with E-state index in [9.17, 15) is 4.79 Å². The summed E-state index contributed by atoms with van der Waals surface area (Å²) in [5, 5.41) is 7.50. The molecule has 1 amide bonds. The number of carbonyl (C=O) groups is 1. The van der Waals surface area contributed by atoms with Gasteiger partial charge in [0.25, 0.3) is 5.91 Å². The van der Waals surface area contributed by atoms with Crippen molar-refractivity contribution in [1.29, 1.82) is 0 Å². The SMILES string of the molecule is CC1=CC(=O)N=NC1c1ccc(N)cc1. The highest BCUT2D eigenvalue weighted by Gasteiger charge is 2.17. The molecular formula is C11H11N3O. The highest BCUT2D eigenvalue weighted by atomic mass is 16.1. The van der Waals surface area contributed by atoms with Gasteiger partial charge in [0.05, 0.1) is 0 Å². The monoisotopic (exact) mass is 201 g/mol. The Labute approximate surface area is 87.5 Å². The predicted octanol–water partition coefficient (Wildman–Crippen LogP) is 2.25. The summed E-state index contributed by atoms with van der Waals surface area (Å²) in [7, 11) is 0. The molecule has 1 unspecified atom stereocenters. The molecular weight excluding hydrogens is 190 g/mol. The first-order valence-corrected chi connectivity index (χ1v) is 4.65. The topological polar surface area (TPSA) is 67.8 Å². The summed E-state index contributed by atoms with van der Waals surface area (Å²) in [5.74, 6) is -0.292. The lowest BCUT2D eigenvalue weighted by molar-refractivity contribution is -0.114. The lowest BCUT2D eigenvalue weighted by Gasteiger charge is -2.14. The van der Waals surface area contributed by atoms with Crippen LogP contribution >= 0.6 is 0 Å². The third-order valence-corrected chi connectivity index (χ3v) is 2.31. The second kappa shape index (κ2) is 3.65. The number of anilines is 1. The maximum absolute atomic E-state index is 10.9. The molecule has 0 saturated carbocycles. The van der Waals surface area contributed by atoms with Gasteiger partial charge in [-0.1, -0.05) is 12.1 Å². The van der Waals surface area contributed by atoms with Crippen molar-refractivity contribution in [1.82, 2.24) is 0 Å². The van der Waals surface area contributed by atoms with Crippen molar-refractivity contribution in [2.24, 2.45) is 10.2 Å². The molecule has 1 aromatic rings. The van der Waals surface area contributed by atoms with Crippen molar-refractivity contribution in [3.63, 3.8) is 0 Å². The molecule has 1 aromatic carbocycles. The minimum Gasteiger partial charge on any atom is -0.399 e. The van der Waals surface area contributed by atoms with Crippen LogP contribution in [0.25, 0.3) is 0 Å². The summed E-state index contributed by atoms with van der Waals surface area (Å²) < 4.78 is 0. The minimum absolute atomic E-state index is 0.150. The Morgan fingerprint density at radius 3 is 2.53 bits per heavy atom. The van der Waals surface area contributed by atoms with Gasteiger partial charge in [0.15, 0.2) is 0 Å². The van der Waals surface area contributed by atoms with E-state index in [2.05, 4.69) is 10.2 Å². The van der Waals surface area contributed by atoms with Gasteiger partial charge in [0, 0.05) is 11.8 Å². The highest BCUT2D eigenvalue weighted by Crippen LogP contribution is 2.28. The van der Waals surface area contributed by atoms with E-state index in [0.29, 0.717) is 5.69 Å². The Bertz CT molecular complexity index is 445. The second-order valence-corrected chi connectivity index (χ2v) is 3.51. The Morgan fingerprint density at radius 2 is 1.93 bits per heavy atom. The van der Waals surface area contributed by atoms with E-state index in [-0.39, 0.29) is 11.9 Å². The molecule has 1 atom stereocenters. The number of nitrogens with zero attached hydrogens (tertiary/aromatic N) is 2. The number of azo groups is 1. The fraction of sp³-hybridized carbons (Fsp3) is 0.182. The fourth-order valence-corrected chi connectivity index (χ4v) is 1.52. The number of hydrogen-bond acceptors (Lipinski definition) is 3. The smallest absolute Gasteiger partial charge is 0.287 e. The van der Waals surface area contributed by atoms with Crippen molar-refractivity contribution in [3.8, 4) is 0 Å². The molecule has 0 fully saturated rings. The molecule has 1 aliphatic heterocycles. The molecule has 1 aliphatic rings. The van der Waals surface area contributed by atoms with Crippen molar-refractivity contribution >= 4 is 11.6 Å². The molecule has 2 rings (SSSR count). The van der Waals surface area contributed by atoms with Gasteiger partial charge in [-0.25, -0.2) is 0 Å². The molecule has 0 aromatic heterocycles. The molecule has 76 valence electrons. The van der Waals surface area contributed by atoms with Crippen LogP contribution < -0.4 is 5.73 Å². The van der Waals surface area contributed by atoms with E-state index in [1.807, 2.05) is 31.2 Å². The van der Waals surface area contributed by atoms with Crippen molar-refractivity contribution in [2.45, 2.75) is 13.0 Å². The number of rotatable bonds is 1. The van der Waals surface area contributed by atoms with Crippen LogP contribution in [-0.2, 0) is 4.79 Å². The van der Waals surface area contributed by atoms with E-state index in [4.69, 9.17) is 5.73 Å². The zero-order chi connectivity index (χ0) is 10.8. The fourth-order valence-electron chi connectivity index (χ4n) is 1.52. The van der Waals surface area contributed by atoms with Crippen LogP contribution in [0.3, 0.4) is 0 Å². The van der Waals surface area contributed by atoms with Gasteiger partial charge in [-0.05, 0) is 30.2 Å². The number of hydrogen-bond donors (Lipinski definition) is 1. The zero-order valence-corrected chi connectivity index (χ0v) is 8.34. The Kier molecular flexibility index (Phi) is 2.33. The number of carbonyl (C=O) groups excluding carboxylic acids is 1. The molecule has 0 spiro atoms. The lowest BCUT2D eigenvalue weighted by Crippen LogP contribution is -2.04. The molecule has 0 saturated heterocycles. The first-order valence-electron chi connectivity index (χ1n) is 4.65. The van der Waals surface area contributed by atoms with Crippen LogP contribution in [0.5, 0.6) is 0 Å². The molecule has 0 aliphatic carbocycles. The van der Waals surface area contributed by atoms with Gasteiger partial charge in [-0.2, -0.15) is 5.11 Å². The molecule has 2 N–H and O–H groups in total. The number of benzene rings is 1. The second-order valence-electron chi connectivity index (χ2n) is 3.51. The average molecular weight is 201 g/mol. The van der Waals surface area contributed by atoms with Gasteiger partial charge in [0.2, 0.25) is 0 Å². The van der Waals surface area contributed by atoms with Gasteiger partial charge >= 0.3 is 0 Å². The van der Waals surface area contributed by atoms with Gasteiger partial charge in [0.1, 0.15) is 6.04 Å². The molecule has 4 heteroatoms. The van der Waals surface area contributed by atoms with Crippen LogP contribution in [0.15, 0.2) is 46.1 Å². The normalized spacial score (nSPS) is 20.2. The molecule has 1 heterocycles. The van der Waals surface area contributed by atoms with Crippen LogP contribution in [-0.4, -0.2) is 5.91 Å². The summed E-state index contributed by atoms with van der Waals surface area (Å²) in [4.78, 5) is 10.9. The Hall–Kier alpha value is -1.97. The van der Waals surface area contributed by atoms with Gasteiger partial charge in [-0.3, -0.25) is 4.79 Å². The van der Waals surface area contributed by atoms with Crippen LogP contribution in [0.1, 0.15) is 18.5 Å². The Morgan fingerprint density at radius 1 is 1.27 bits per heavy atom. The highest BCUT2D eigenvalue weighted by molar-refractivity contribution is 5.89. The van der Waals surface area contributed by atoms with Crippen molar-refractivity contribution in [3.05, 3.63) is 41.5 Å². The molecule has 15 heavy (non-hydrogen) atoms. The quantitative estimate of drug-likeness (QED) is 0.708. The summed E-state index contributed by atoms with van der Waals surface area (Å²) in [6, 6.07) is 7.27. The van der Waals surface area contributed by atoms with E-state index in [0.717, 1.165) is 11.1 Å². The summed E-state index contributed by atoms with van der Waals surface area (Å²) in [6.07, 6.45) is 1.51. The maximum Gasteiger partial charge on any atom is 0.287 e. The standard InChI is InChI=1S/C11H11N3O/c1-7-6-10(15)13-14-11(7)8-2-4-9(12)5-3-8/h2-6,11H,12H2,1H3. The lowest BCUT2D eigenvalue weighted by atomic mass is 9.99. The van der Waals surface area contributed by atoms with Crippen molar-refractivity contribution < 1.29 is 4.79 Å². The van der Waals surface area contributed by atoms with Gasteiger partial charge < -0.3 is 5.73 Å². The van der Waals surface area contributed by atoms with Crippen LogP contribution in [0.4, 0.5) is 5.69 Å².